The number of hydrogen-bond acceptors (Lipinski definition) is 6. The van der Waals surface area contributed by atoms with Crippen LogP contribution in [0.5, 0.6) is 5.75 Å². The highest BCUT2D eigenvalue weighted by Gasteiger charge is 2.26. The second kappa shape index (κ2) is 10.5. The van der Waals surface area contributed by atoms with Crippen LogP contribution in [0.25, 0.3) is 10.8 Å². The summed E-state index contributed by atoms with van der Waals surface area (Å²) < 4.78 is 12.4. The lowest BCUT2D eigenvalue weighted by molar-refractivity contribution is -0.121. The molecule has 1 amide bonds. The van der Waals surface area contributed by atoms with Crippen molar-refractivity contribution in [3.8, 4) is 5.75 Å². The molecule has 0 atom stereocenters. The van der Waals surface area contributed by atoms with Crippen molar-refractivity contribution in [3.63, 3.8) is 0 Å². The van der Waals surface area contributed by atoms with Crippen LogP contribution in [-0.2, 0) is 22.4 Å². The molecule has 3 aromatic rings. The van der Waals surface area contributed by atoms with Gasteiger partial charge in [0.25, 0.3) is 5.91 Å². The number of nitrogens with one attached hydrogen (secondary N) is 2. The largest absolute Gasteiger partial charge is 0.483 e. The summed E-state index contributed by atoms with van der Waals surface area (Å²) in [6.45, 7) is -0.215. The first kappa shape index (κ1) is 24.1. The normalized spacial score (nSPS) is 12.7. The van der Waals surface area contributed by atoms with E-state index in [1.54, 1.807) is 0 Å². The number of hydrogen-bond donors (Lipinski definition) is 2. The molecule has 2 N–H and O–H groups in total. The first-order valence-corrected chi connectivity index (χ1v) is 13.0. The predicted molar refractivity (Wildman–Crippen MR) is 142 cm³/mol. The van der Waals surface area contributed by atoms with Crippen LogP contribution in [-0.4, -0.2) is 30.7 Å². The number of methoxy groups -OCH3 is 1. The van der Waals surface area contributed by atoms with Gasteiger partial charge in [-0.25, -0.2) is 4.79 Å². The number of ether oxygens (including phenoxy) is 2. The number of thiophene rings is 1. The summed E-state index contributed by atoms with van der Waals surface area (Å²) >= 11 is 13.8. The first-order chi connectivity index (χ1) is 15.9. The van der Waals surface area contributed by atoms with Crippen molar-refractivity contribution in [3.05, 3.63) is 55.3 Å². The van der Waals surface area contributed by atoms with Gasteiger partial charge >= 0.3 is 5.97 Å². The molecule has 33 heavy (non-hydrogen) atoms. The average molecular weight is 612 g/mol. The fourth-order valence-electron chi connectivity index (χ4n) is 3.77. The van der Waals surface area contributed by atoms with Crippen LogP contribution in [0.2, 0.25) is 0 Å². The van der Waals surface area contributed by atoms with Gasteiger partial charge in [0.1, 0.15) is 10.8 Å². The van der Waals surface area contributed by atoms with Crippen molar-refractivity contribution < 1.29 is 19.1 Å². The minimum atomic E-state index is -0.406. The van der Waals surface area contributed by atoms with Gasteiger partial charge in [0, 0.05) is 9.35 Å². The molecule has 0 bridgehead atoms. The summed E-state index contributed by atoms with van der Waals surface area (Å²) in [5.41, 5.74) is 1.53. The third kappa shape index (κ3) is 5.40. The standard InChI is InChI=1S/C23H20Br2N2O4S2/c1-30-22(29)19-15-4-2-3-5-17(15)33-21(19)27-23(32)26-18(28)11-31-16-9-6-12-10-13(24)7-8-14(12)20(16)25/h6-10H,2-5,11H2,1H3,(H2,26,27,28,32). The molecule has 0 fully saturated rings. The van der Waals surface area contributed by atoms with E-state index in [4.69, 9.17) is 21.7 Å². The molecule has 0 saturated carbocycles. The van der Waals surface area contributed by atoms with E-state index in [1.807, 2.05) is 30.3 Å². The topological polar surface area (TPSA) is 76.7 Å². The highest BCUT2D eigenvalue weighted by atomic mass is 79.9. The van der Waals surface area contributed by atoms with Gasteiger partial charge in [0.2, 0.25) is 0 Å². The van der Waals surface area contributed by atoms with E-state index in [0.717, 1.165) is 55.8 Å². The summed E-state index contributed by atoms with van der Waals surface area (Å²) in [5.74, 6) is -0.253. The van der Waals surface area contributed by atoms with Gasteiger partial charge < -0.3 is 14.8 Å². The van der Waals surface area contributed by atoms with Gasteiger partial charge in [-0.1, -0.05) is 28.1 Å². The summed E-state index contributed by atoms with van der Waals surface area (Å²) in [6.07, 6.45) is 3.89. The number of fused-ring (bicyclic) bond motifs is 2. The van der Waals surface area contributed by atoms with E-state index in [0.29, 0.717) is 16.3 Å². The van der Waals surface area contributed by atoms with Gasteiger partial charge in [-0.2, -0.15) is 0 Å². The average Bonchev–Trinajstić information content (AvgIpc) is 3.15. The quantitative estimate of drug-likeness (QED) is 0.273. The molecule has 0 aliphatic heterocycles. The Balaban J connectivity index is 1.40. The van der Waals surface area contributed by atoms with Crippen LogP contribution in [0.1, 0.15) is 33.6 Å². The molecule has 1 heterocycles. The third-order valence-electron chi connectivity index (χ3n) is 5.28. The first-order valence-electron chi connectivity index (χ1n) is 10.2. The summed E-state index contributed by atoms with van der Waals surface area (Å²) in [7, 11) is 1.36. The Kier molecular flexibility index (Phi) is 7.68. The lowest BCUT2D eigenvalue weighted by Crippen LogP contribution is -2.37. The maximum atomic E-state index is 12.4. The molecule has 0 unspecified atom stereocenters. The maximum absolute atomic E-state index is 12.4. The van der Waals surface area contributed by atoms with Crippen LogP contribution in [0.3, 0.4) is 0 Å². The molecule has 0 radical (unpaired) electrons. The number of halogens is 2. The fourth-order valence-corrected chi connectivity index (χ4v) is 6.32. The fraction of sp³-hybridized carbons (Fsp3) is 0.261. The van der Waals surface area contributed by atoms with E-state index in [-0.39, 0.29) is 11.7 Å². The van der Waals surface area contributed by atoms with E-state index in [2.05, 4.69) is 42.5 Å². The minimum Gasteiger partial charge on any atom is -0.483 e. The number of rotatable bonds is 5. The summed E-state index contributed by atoms with van der Waals surface area (Å²) in [4.78, 5) is 26.0. The summed E-state index contributed by atoms with van der Waals surface area (Å²) in [6, 6.07) is 9.65. The van der Waals surface area contributed by atoms with E-state index >= 15 is 0 Å². The number of carbonyl (C=O) groups is 2. The third-order valence-corrected chi connectivity index (χ3v) is 8.00. The molecular formula is C23H20Br2N2O4S2. The Labute approximate surface area is 217 Å². The zero-order valence-electron chi connectivity index (χ0n) is 17.6. The highest BCUT2D eigenvalue weighted by Crippen LogP contribution is 2.38. The number of amides is 1. The predicted octanol–water partition coefficient (Wildman–Crippen LogP) is 5.98. The van der Waals surface area contributed by atoms with E-state index < -0.39 is 11.9 Å². The number of carbonyl (C=O) groups excluding carboxylic acids is 2. The van der Waals surface area contributed by atoms with Gasteiger partial charge in [-0.05, 0) is 88.4 Å². The number of thiocarbonyl (C=S) groups is 1. The lowest BCUT2D eigenvalue weighted by Gasteiger charge is -2.13. The van der Waals surface area contributed by atoms with Gasteiger partial charge in [0.15, 0.2) is 11.7 Å². The SMILES string of the molecule is COC(=O)c1c(NC(=S)NC(=O)COc2ccc3cc(Br)ccc3c2Br)sc2c1CCCC2. The Morgan fingerprint density at radius 1 is 1.15 bits per heavy atom. The van der Waals surface area contributed by atoms with Crippen molar-refractivity contribution in [1.29, 1.82) is 0 Å². The molecular weight excluding hydrogens is 592 g/mol. The molecule has 0 spiro atoms. The van der Waals surface area contributed by atoms with Crippen LogP contribution in [0, 0.1) is 0 Å². The minimum absolute atomic E-state index is 0.106. The Hall–Kier alpha value is -2.01. The molecule has 1 aliphatic rings. The molecule has 172 valence electrons. The molecule has 10 heteroatoms. The van der Waals surface area contributed by atoms with Gasteiger partial charge in [-0.3, -0.25) is 10.1 Å². The van der Waals surface area contributed by atoms with Crippen molar-refractivity contribution >= 4 is 88.2 Å². The van der Waals surface area contributed by atoms with E-state index in [1.165, 1.54) is 18.4 Å². The lowest BCUT2D eigenvalue weighted by atomic mass is 9.95. The second-order valence-corrected chi connectivity index (χ2v) is 10.7. The van der Waals surface area contributed by atoms with Crippen molar-refractivity contribution in [2.75, 3.05) is 19.0 Å². The smallest absolute Gasteiger partial charge is 0.341 e. The van der Waals surface area contributed by atoms with Crippen LogP contribution in [0.4, 0.5) is 5.00 Å². The Bertz CT molecular complexity index is 1260. The zero-order chi connectivity index (χ0) is 23.5. The number of esters is 1. The zero-order valence-corrected chi connectivity index (χ0v) is 22.4. The number of aryl methyl sites for hydroxylation is 1. The van der Waals surface area contributed by atoms with Crippen LogP contribution in [0.15, 0.2) is 39.3 Å². The van der Waals surface area contributed by atoms with Crippen LogP contribution >= 0.6 is 55.4 Å². The molecule has 4 rings (SSSR count). The van der Waals surface area contributed by atoms with Crippen molar-refractivity contribution in [2.45, 2.75) is 25.7 Å². The van der Waals surface area contributed by atoms with Crippen molar-refractivity contribution in [1.82, 2.24) is 5.32 Å². The molecule has 0 saturated heterocycles. The number of anilines is 1. The molecule has 2 aromatic carbocycles. The highest BCUT2D eigenvalue weighted by molar-refractivity contribution is 9.11. The monoisotopic (exact) mass is 610 g/mol. The maximum Gasteiger partial charge on any atom is 0.341 e. The Morgan fingerprint density at radius 2 is 1.94 bits per heavy atom. The van der Waals surface area contributed by atoms with Crippen molar-refractivity contribution in [2.24, 2.45) is 0 Å². The van der Waals surface area contributed by atoms with Gasteiger partial charge in [0.05, 0.1) is 17.1 Å². The molecule has 6 nitrogen and oxygen atoms in total. The Morgan fingerprint density at radius 3 is 2.73 bits per heavy atom. The number of benzene rings is 2. The molecule has 1 aliphatic carbocycles. The molecule has 1 aromatic heterocycles. The van der Waals surface area contributed by atoms with Crippen LogP contribution < -0.4 is 15.4 Å². The second-order valence-electron chi connectivity index (χ2n) is 7.44. The van der Waals surface area contributed by atoms with Gasteiger partial charge in [-0.15, -0.1) is 11.3 Å². The van der Waals surface area contributed by atoms with E-state index in [9.17, 15) is 9.59 Å². The summed E-state index contributed by atoms with van der Waals surface area (Å²) in [5, 5.41) is 8.34.